The normalized spacial score (nSPS) is 13.9. The Morgan fingerprint density at radius 1 is 1.20 bits per heavy atom. The number of aryl methyl sites for hydroxylation is 1. The first kappa shape index (κ1) is 12.6. The Morgan fingerprint density at radius 3 is 2.20 bits per heavy atom. The van der Waals surface area contributed by atoms with Gasteiger partial charge in [-0.3, -0.25) is 0 Å². The minimum Gasteiger partial charge on any atom is -0.123 e. The van der Waals surface area contributed by atoms with Gasteiger partial charge in [0.25, 0.3) is 0 Å². The molecule has 0 aliphatic heterocycles. The summed E-state index contributed by atoms with van der Waals surface area (Å²) in [5.41, 5.74) is 3.02. The molecule has 84 valence electrons. The van der Waals surface area contributed by atoms with Crippen LogP contribution in [0.2, 0.25) is 0 Å². The Labute approximate surface area is 98.7 Å². The molecule has 0 N–H and O–H groups in total. The summed E-state index contributed by atoms with van der Waals surface area (Å²) in [6, 6.07) is 8.79. The van der Waals surface area contributed by atoms with Crippen molar-refractivity contribution in [2.24, 2.45) is 5.41 Å². The van der Waals surface area contributed by atoms with Gasteiger partial charge in [-0.15, -0.1) is 11.6 Å². The maximum Gasteiger partial charge on any atom is 0.0313 e. The molecule has 0 fully saturated rings. The van der Waals surface area contributed by atoms with Crippen LogP contribution in [0.25, 0.3) is 0 Å². The van der Waals surface area contributed by atoms with E-state index in [0.717, 1.165) is 12.8 Å². The number of halogens is 1. The first-order chi connectivity index (χ1) is 6.89. The zero-order chi connectivity index (χ0) is 11.5. The molecule has 0 radical (unpaired) electrons. The molecule has 0 aliphatic carbocycles. The van der Waals surface area contributed by atoms with Gasteiger partial charge in [0.15, 0.2) is 0 Å². The van der Waals surface area contributed by atoms with E-state index in [1.54, 1.807) is 0 Å². The van der Waals surface area contributed by atoms with Crippen molar-refractivity contribution in [3.63, 3.8) is 0 Å². The molecule has 0 bridgehead atoms. The average molecular weight is 225 g/mol. The summed E-state index contributed by atoms with van der Waals surface area (Å²) in [5, 5.41) is 0.255. The van der Waals surface area contributed by atoms with Crippen LogP contribution in [0.15, 0.2) is 24.3 Å². The van der Waals surface area contributed by atoms with E-state index in [2.05, 4.69) is 52.0 Å². The average Bonchev–Trinajstić information content (AvgIpc) is 2.06. The van der Waals surface area contributed by atoms with Gasteiger partial charge in [-0.05, 0) is 37.7 Å². The first-order valence-corrected chi connectivity index (χ1v) is 6.02. The predicted octanol–water partition coefficient (Wildman–Crippen LogP) is 4.58. The molecular formula is C14H21Cl. The van der Waals surface area contributed by atoms with Crippen molar-refractivity contribution in [3.8, 4) is 0 Å². The number of hydrogen-bond acceptors (Lipinski definition) is 0. The highest BCUT2D eigenvalue weighted by atomic mass is 35.5. The zero-order valence-electron chi connectivity index (χ0n) is 10.2. The molecular weight excluding hydrogens is 204 g/mol. The quantitative estimate of drug-likeness (QED) is 0.657. The third kappa shape index (κ3) is 4.70. The summed E-state index contributed by atoms with van der Waals surface area (Å²) in [4.78, 5) is 0. The molecule has 1 atom stereocenters. The van der Waals surface area contributed by atoms with Crippen molar-refractivity contribution < 1.29 is 0 Å². The molecule has 0 nitrogen and oxygen atoms in total. The number of hydrogen-bond donors (Lipinski definition) is 0. The van der Waals surface area contributed by atoms with Crippen molar-refractivity contribution in [3.05, 3.63) is 35.4 Å². The maximum absolute atomic E-state index is 6.05. The van der Waals surface area contributed by atoms with Crippen LogP contribution in [0.4, 0.5) is 0 Å². The van der Waals surface area contributed by atoms with E-state index in [9.17, 15) is 0 Å². The molecule has 0 aliphatic rings. The molecule has 1 rings (SSSR count). The van der Waals surface area contributed by atoms with Gasteiger partial charge in [0, 0.05) is 5.38 Å². The smallest absolute Gasteiger partial charge is 0.0313 e. The summed E-state index contributed by atoms with van der Waals surface area (Å²) in [5.74, 6) is 0. The molecule has 1 aromatic carbocycles. The third-order valence-corrected chi connectivity index (χ3v) is 2.79. The number of alkyl halides is 1. The van der Waals surface area contributed by atoms with Gasteiger partial charge < -0.3 is 0 Å². The van der Waals surface area contributed by atoms with Crippen molar-refractivity contribution in [2.45, 2.75) is 45.9 Å². The molecule has 0 aromatic heterocycles. The Balaban J connectivity index is 2.64. The lowest BCUT2D eigenvalue weighted by molar-refractivity contribution is 0.331. The summed E-state index contributed by atoms with van der Waals surface area (Å²) < 4.78 is 0. The SMILES string of the molecule is Cc1ccc(CC(C)(C)CC(C)Cl)cc1. The van der Waals surface area contributed by atoms with E-state index in [1.165, 1.54) is 11.1 Å². The van der Waals surface area contributed by atoms with E-state index >= 15 is 0 Å². The molecule has 0 heterocycles. The standard InChI is InChI=1S/C14H21Cl/c1-11-5-7-13(8-6-11)10-14(3,4)9-12(2)15/h5-8,12H,9-10H2,1-4H3. The Hall–Kier alpha value is -0.490. The molecule has 15 heavy (non-hydrogen) atoms. The molecule has 0 saturated heterocycles. The van der Waals surface area contributed by atoms with Gasteiger partial charge in [-0.1, -0.05) is 43.7 Å². The van der Waals surface area contributed by atoms with E-state index < -0.39 is 0 Å². The fourth-order valence-corrected chi connectivity index (χ4v) is 2.51. The van der Waals surface area contributed by atoms with E-state index in [1.807, 2.05) is 0 Å². The lowest BCUT2D eigenvalue weighted by Crippen LogP contribution is -2.18. The summed E-state index contributed by atoms with van der Waals surface area (Å²) >= 11 is 6.05. The van der Waals surface area contributed by atoms with Crippen LogP contribution in [0.3, 0.4) is 0 Å². The number of rotatable bonds is 4. The predicted molar refractivity (Wildman–Crippen MR) is 68.6 cm³/mol. The second-order valence-electron chi connectivity index (χ2n) is 5.31. The minimum absolute atomic E-state index is 0.255. The highest BCUT2D eigenvalue weighted by Crippen LogP contribution is 2.29. The lowest BCUT2D eigenvalue weighted by atomic mass is 9.81. The van der Waals surface area contributed by atoms with E-state index in [0.29, 0.717) is 0 Å². The van der Waals surface area contributed by atoms with E-state index in [-0.39, 0.29) is 10.8 Å². The van der Waals surface area contributed by atoms with Gasteiger partial charge >= 0.3 is 0 Å². The first-order valence-electron chi connectivity index (χ1n) is 5.59. The molecule has 1 aromatic rings. The third-order valence-electron chi connectivity index (χ3n) is 2.64. The van der Waals surface area contributed by atoms with Gasteiger partial charge in [-0.2, -0.15) is 0 Å². The fourth-order valence-electron chi connectivity index (χ4n) is 2.09. The molecule has 0 amide bonds. The summed E-state index contributed by atoms with van der Waals surface area (Å²) in [7, 11) is 0. The van der Waals surface area contributed by atoms with Crippen molar-refractivity contribution in [1.29, 1.82) is 0 Å². The van der Waals surface area contributed by atoms with Crippen molar-refractivity contribution in [1.82, 2.24) is 0 Å². The highest BCUT2D eigenvalue weighted by Gasteiger charge is 2.20. The zero-order valence-corrected chi connectivity index (χ0v) is 10.9. The topological polar surface area (TPSA) is 0 Å². The summed E-state index contributed by atoms with van der Waals surface area (Å²) in [6.07, 6.45) is 2.16. The van der Waals surface area contributed by atoms with Crippen LogP contribution in [0.5, 0.6) is 0 Å². The maximum atomic E-state index is 6.05. The van der Waals surface area contributed by atoms with Crippen LogP contribution in [0, 0.1) is 12.3 Å². The van der Waals surface area contributed by atoms with E-state index in [4.69, 9.17) is 11.6 Å². The van der Waals surface area contributed by atoms with Crippen LogP contribution in [-0.4, -0.2) is 5.38 Å². The Bertz CT molecular complexity index is 296. The van der Waals surface area contributed by atoms with Gasteiger partial charge in [0.05, 0.1) is 0 Å². The summed E-state index contributed by atoms with van der Waals surface area (Å²) in [6.45, 7) is 8.76. The molecule has 0 saturated carbocycles. The van der Waals surface area contributed by atoms with Gasteiger partial charge in [-0.25, -0.2) is 0 Å². The van der Waals surface area contributed by atoms with Crippen LogP contribution in [-0.2, 0) is 6.42 Å². The fraction of sp³-hybridized carbons (Fsp3) is 0.571. The van der Waals surface area contributed by atoms with Crippen molar-refractivity contribution >= 4 is 11.6 Å². The highest BCUT2D eigenvalue weighted by molar-refractivity contribution is 6.20. The minimum atomic E-state index is 0.255. The monoisotopic (exact) mass is 224 g/mol. The van der Waals surface area contributed by atoms with Gasteiger partial charge in [0.1, 0.15) is 0 Å². The lowest BCUT2D eigenvalue weighted by Gasteiger charge is -2.26. The van der Waals surface area contributed by atoms with Crippen LogP contribution in [0.1, 0.15) is 38.3 Å². The van der Waals surface area contributed by atoms with Crippen LogP contribution >= 0.6 is 11.6 Å². The second kappa shape index (κ2) is 5.03. The molecule has 1 unspecified atom stereocenters. The second-order valence-corrected chi connectivity index (χ2v) is 6.06. The number of benzene rings is 1. The largest absolute Gasteiger partial charge is 0.123 e. The Morgan fingerprint density at radius 2 is 1.73 bits per heavy atom. The molecule has 1 heteroatoms. The Kier molecular flexibility index (Phi) is 4.21. The van der Waals surface area contributed by atoms with Gasteiger partial charge in [0.2, 0.25) is 0 Å². The molecule has 0 spiro atoms. The van der Waals surface area contributed by atoms with Crippen molar-refractivity contribution in [2.75, 3.05) is 0 Å². The van der Waals surface area contributed by atoms with Crippen LogP contribution < -0.4 is 0 Å².